The van der Waals surface area contributed by atoms with Crippen molar-refractivity contribution in [3.8, 4) is 0 Å². The molecule has 1 aromatic carbocycles. The zero-order chi connectivity index (χ0) is 18.8. The van der Waals surface area contributed by atoms with Crippen molar-refractivity contribution in [1.29, 1.82) is 0 Å². The van der Waals surface area contributed by atoms with Gasteiger partial charge in [-0.25, -0.2) is 0 Å². The fourth-order valence-corrected chi connectivity index (χ4v) is 3.12. The molecule has 2 rings (SSSR count). The summed E-state index contributed by atoms with van der Waals surface area (Å²) in [7, 11) is 3.16. The Morgan fingerprint density at radius 3 is 2.58 bits per heavy atom. The van der Waals surface area contributed by atoms with Crippen LogP contribution in [0, 0.1) is 0 Å². The van der Waals surface area contributed by atoms with E-state index in [1.165, 1.54) is 7.11 Å². The van der Waals surface area contributed by atoms with Gasteiger partial charge in [0.15, 0.2) is 0 Å². The Kier molecular flexibility index (Phi) is 8.37. The standard InChI is InChI=1S/C19H29N3O4/c1-25-13-5-10-20-19(24)16-6-3-4-7-17(16)22-11-8-15(9-12-22)21-18(23)14-26-2/h3-4,6-7,15H,5,8-14H2,1-2H3,(H,20,24)(H,21,23). The first-order valence-corrected chi connectivity index (χ1v) is 9.05. The molecule has 2 N–H and O–H groups in total. The van der Waals surface area contributed by atoms with E-state index in [1.807, 2.05) is 24.3 Å². The number of hydrogen-bond donors (Lipinski definition) is 2. The zero-order valence-electron chi connectivity index (χ0n) is 15.6. The van der Waals surface area contributed by atoms with Gasteiger partial charge in [-0.2, -0.15) is 0 Å². The molecule has 1 heterocycles. The van der Waals surface area contributed by atoms with Crippen LogP contribution in [0.4, 0.5) is 5.69 Å². The Bertz CT molecular complexity index is 586. The average molecular weight is 363 g/mol. The Morgan fingerprint density at radius 2 is 1.88 bits per heavy atom. The first-order valence-electron chi connectivity index (χ1n) is 9.05. The number of anilines is 1. The number of piperidine rings is 1. The van der Waals surface area contributed by atoms with E-state index in [0.29, 0.717) is 18.7 Å². The van der Waals surface area contributed by atoms with E-state index in [-0.39, 0.29) is 24.5 Å². The molecule has 0 spiro atoms. The fraction of sp³-hybridized carbons (Fsp3) is 0.579. The van der Waals surface area contributed by atoms with Gasteiger partial charge in [0.05, 0.1) is 5.56 Å². The highest BCUT2D eigenvalue weighted by atomic mass is 16.5. The molecule has 0 unspecified atom stereocenters. The van der Waals surface area contributed by atoms with Crippen molar-refractivity contribution in [2.45, 2.75) is 25.3 Å². The van der Waals surface area contributed by atoms with Crippen molar-refractivity contribution in [2.24, 2.45) is 0 Å². The number of ether oxygens (including phenoxy) is 2. The molecule has 26 heavy (non-hydrogen) atoms. The minimum Gasteiger partial charge on any atom is -0.385 e. The van der Waals surface area contributed by atoms with Crippen LogP contribution in [0.25, 0.3) is 0 Å². The molecule has 7 nitrogen and oxygen atoms in total. The Balaban J connectivity index is 1.91. The van der Waals surface area contributed by atoms with Crippen molar-refractivity contribution < 1.29 is 19.1 Å². The summed E-state index contributed by atoms with van der Waals surface area (Å²) in [5, 5.41) is 5.93. The molecule has 0 atom stereocenters. The number of benzene rings is 1. The molecule has 0 aliphatic carbocycles. The molecular formula is C19H29N3O4. The normalized spacial score (nSPS) is 14.9. The summed E-state index contributed by atoms with van der Waals surface area (Å²) in [6.45, 7) is 2.91. The molecule has 2 amide bonds. The number of para-hydroxylation sites is 1. The van der Waals surface area contributed by atoms with Gasteiger partial charge < -0.3 is 25.0 Å². The van der Waals surface area contributed by atoms with E-state index in [1.54, 1.807) is 7.11 Å². The highest BCUT2D eigenvalue weighted by molar-refractivity contribution is 5.99. The Morgan fingerprint density at radius 1 is 1.15 bits per heavy atom. The number of methoxy groups -OCH3 is 2. The number of amides is 2. The minimum atomic E-state index is -0.0817. The molecule has 0 bridgehead atoms. The molecule has 0 radical (unpaired) electrons. The predicted octanol–water partition coefficient (Wildman–Crippen LogP) is 1.18. The summed E-state index contributed by atoms with van der Waals surface area (Å²) in [5.41, 5.74) is 1.63. The first kappa shape index (κ1) is 20.2. The smallest absolute Gasteiger partial charge is 0.253 e. The quantitative estimate of drug-likeness (QED) is 0.644. The molecule has 1 aliphatic rings. The monoisotopic (exact) mass is 363 g/mol. The number of nitrogens with zero attached hydrogens (tertiary/aromatic N) is 1. The molecule has 7 heteroatoms. The molecular weight excluding hydrogens is 334 g/mol. The van der Waals surface area contributed by atoms with Gasteiger partial charge in [0.2, 0.25) is 5.91 Å². The summed E-state index contributed by atoms with van der Waals surface area (Å²) >= 11 is 0. The van der Waals surface area contributed by atoms with Gasteiger partial charge in [0, 0.05) is 52.2 Å². The van der Waals surface area contributed by atoms with Gasteiger partial charge in [-0.1, -0.05) is 12.1 Å². The number of carbonyl (C=O) groups excluding carboxylic acids is 2. The molecule has 1 fully saturated rings. The maximum absolute atomic E-state index is 12.5. The van der Waals surface area contributed by atoms with E-state index >= 15 is 0 Å². The van der Waals surface area contributed by atoms with Crippen LogP contribution in [-0.2, 0) is 14.3 Å². The largest absolute Gasteiger partial charge is 0.385 e. The second-order valence-electron chi connectivity index (χ2n) is 6.38. The lowest BCUT2D eigenvalue weighted by molar-refractivity contribution is -0.125. The van der Waals surface area contributed by atoms with Gasteiger partial charge >= 0.3 is 0 Å². The van der Waals surface area contributed by atoms with Crippen molar-refractivity contribution in [1.82, 2.24) is 10.6 Å². The first-order chi connectivity index (χ1) is 12.7. The van der Waals surface area contributed by atoms with Crippen LogP contribution in [0.15, 0.2) is 24.3 Å². The van der Waals surface area contributed by atoms with Crippen molar-refractivity contribution in [2.75, 3.05) is 52.0 Å². The predicted molar refractivity (Wildman–Crippen MR) is 101 cm³/mol. The molecule has 0 aromatic heterocycles. The Labute approximate surface area is 155 Å². The number of rotatable bonds is 9. The van der Waals surface area contributed by atoms with Crippen LogP contribution in [0.2, 0.25) is 0 Å². The average Bonchev–Trinajstić information content (AvgIpc) is 2.66. The van der Waals surface area contributed by atoms with Crippen molar-refractivity contribution in [3.63, 3.8) is 0 Å². The molecule has 0 saturated carbocycles. The second kappa shape index (κ2) is 10.8. The summed E-state index contributed by atoms with van der Waals surface area (Å²) in [5.74, 6) is -0.144. The summed E-state index contributed by atoms with van der Waals surface area (Å²) in [4.78, 5) is 26.4. The van der Waals surface area contributed by atoms with Crippen molar-refractivity contribution >= 4 is 17.5 Å². The van der Waals surface area contributed by atoms with E-state index in [0.717, 1.165) is 38.0 Å². The maximum atomic E-state index is 12.5. The van der Waals surface area contributed by atoms with Gasteiger partial charge in [0.1, 0.15) is 6.61 Å². The molecule has 1 aromatic rings. The molecule has 1 aliphatic heterocycles. The van der Waals surface area contributed by atoms with Crippen LogP contribution >= 0.6 is 0 Å². The molecule has 144 valence electrons. The summed E-state index contributed by atoms with van der Waals surface area (Å²) in [6, 6.07) is 7.82. The van der Waals surface area contributed by atoms with Gasteiger partial charge in [-0.3, -0.25) is 9.59 Å². The lowest BCUT2D eigenvalue weighted by Gasteiger charge is -2.34. The van der Waals surface area contributed by atoms with E-state index in [9.17, 15) is 9.59 Å². The van der Waals surface area contributed by atoms with Crippen LogP contribution in [0.3, 0.4) is 0 Å². The van der Waals surface area contributed by atoms with Crippen molar-refractivity contribution in [3.05, 3.63) is 29.8 Å². The highest BCUT2D eigenvalue weighted by Crippen LogP contribution is 2.24. The number of hydrogen-bond acceptors (Lipinski definition) is 5. The van der Waals surface area contributed by atoms with E-state index < -0.39 is 0 Å². The van der Waals surface area contributed by atoms with Gasteiger partial charge in [-0.15, -0.1) is 0 Å². The van der Waals surface area contributed by atoms with Gasteiger partial charge in [0.25, 0.3) is 5.91 Å². The van der Waals surface area contributed by atoms with E-state index in [4.69, 9.17) is 9.47 Å². The number of carbonyl (C=O) groups is 2. The van der Waals surface area contributed by atoms with Crippen LogP contribution in [0.1, 0.15) is 29.6 Å². The number of nitrogens with one attached hydrogen (secondary N) is 2. The third-order valence-electron chi connectivity index (χ3n) is 4.44. The zero-order valence-corrected chi connectivity index (χ0v) is 15.6. The van der Waals surface area contributed by atoms with Gasteiger partial charge in [-0.05, 0) is 31.4 Å². The SMILES string of the molecule is COCCCNC(=O)c1ccccc1N1CCC(NC(=O)COC)CC1. The minimum absolute atomic E-state index is 0.0628. The lowest BCUT2D eigenvalue weighted by atomic mass is 10.0. The highest BCUT2D eigenvalue weighted by Gasteiger charge is 2.23. The Hall–Kier alpha value is -2.12. The second-order valence-corrected chi connectivity index (χ2v) is 6.38. The topological polar surface area (TPSA) is 79.9 Å². The third-order valence-corrected chi connectivity index (χ3v) is 4.44. The van der Waals surface area contributed by atoms with Crippen LogP contribution in [0.5, 0.6) is 0 Å². The third kappa shape index (κ3) is 6.00. The fourth-order valence-electron chi connectivity index (χ4n) is 3.12. The van der Waals surface area contributed by atoms with E-state index in [2.05, 4.69) is 15.5 Å². The van der Waals surface area contributed by atoms with Crippen LogP contribution < -0.4 is 15.5 Å². The summed E-state index contributed by atoms with van der Waals surface area (Å²) in [6.07, 6.45) is 2.48. The molecule has 1 saturated heterocycles. The maximum Gasteiger partial charge on any atom is 0.253 e. The van der Waals surface area contributed by atoms with Crippen LogP contribution in [-0.4, -0.2) is 64.9 Å². The lowest BCUT2D eigenvalue weighted by Crippen LogP contribution is -2.46. The summed E-state index contributed by atoms with van der Waals surface area (Å²) < 4.78 is 9.85.